The van der Waals surface area contributed by atoms with E-state index < -0.39 is 30.4 Å². The molecular formula is C27H33NO7. The van der Waals surface area contributed by atoms with Crippen LogP contribution in [0.25, 0.3) is 0 Å². The van der Waals surface area contributed by atoms with Gasteiger partial charge in [-0.15, -0.1) is 0 Å². The van der Waals surface area contributed by atoms with E-state index in [4.69, 9.17) is 18.9 Å². The average molecular weight is 484 g/mol. The van der Waals surface area contributed by atoms with Gasteiger partial charge >= 0.3 is 11.9 Å². The maximum absolute atomic E-state index is 13.0. The number of ketones is 1. The number of methoxy groups -OCH3 is 1. The molecule has 3 rings (SSSR count). The normalized spacial score (nSPS) is 15.5. The quantitative estimate of drug-likeness (QED) is 0.245. The number of hydrogen-bond donors (Lipinski definition) is 0. The number of rotatable bonds is 12. The number of benzene rings is 1. The van der Waals surface area contributed by atoms with Crippen LogP contribution in [-0.4, -0.2) is 42.7 Å². The van der Waals surface area contributed by atoms with E-state index in [1.54, 1.807) is 6.92 Å². The van der Waals surface area contributed by atoms with Gasteiger partial charge in [0.05, 0.1) is 13.0 Å². The van der Waals surface area contributed by atoms with E-state index in [1.165, 1.54) is 31.9 Å². The number of pyridine rings is 1. The third-order valence-corrected chi connectivity index (χ3v) is 6.11. The number of aromatic nitrogens is 1. The fourth-order valence-electron chi connectivity index (χ4n) is 4.10. The number of Topliss-reactive ketones (excluding diaryl/α,β-unsaturated/α-hetero) is 1. The maximum Gasteiger partial charge on any atom is 0.309 e. The molecule has 35 heavy (non-hydrogen) atoms. The Morgan fingerprint density at radius 1 is 1.09 bits per heavy atom. The summed E-state index contributed by atoms with van der Waals surface area (Å²) in [6, 6.07) is 9.87. The molecule has 8 heteroatoms. The van der Waals surface area contributed by atoms with Gasteiger partial charge in [-0.2, -0.15) is 0 Å². The van der Waals surface area contributed by atoms with Gasteiger partial charge in [0.15, 0.2) is 23.0 Å². The van der Waals surface area contributed by atoms with Crippen LogP contribution in [-0.2, 0) is 19.1 Å². The van der Waals surface area contributed by atoms with Crippen molar-refractivity contribution in [3.05, 3.63) is 53.3 Å². The molecule has 0 aliphatic heterocycles. The van der Waals surface area contributed by atoms with Crippen molar-refractivity contribution in [2.45, 2.75) is 59.0 Å². The predicted octanol–water partition coefficient (Wildman–Crippen LogP) is 4.63. The Hall–Kier alpha value is -3.42. The summed E-state index contributed by atoms with van der Waals surface area (Å²) in [5.74, 6) is -1.10. The molecule has 188 valence electrons. The zero-order chi connectivity index (χ0) is 25.5. The van der Waals surface area contributed by atoms with Crippen molar-refractivity contribution in [2.75, 3.05) is 13.9 Å². The van der Waals surface area contributed by atoms with Crippen LogP contribution in [0.5, 0.6) is 11.5 Å². The molecule has 0 unspecified atom stereocenters. The van der Waals surface area contributed by atoms with E-state index in [9.17, 15) is 14.4 Å². The van der Waals surface area contributed by atoms with Crippen LogP contribution in [0.2, 0.25) is 0 Å². The molecule has 1 aliphatic carbocycles. The fourth-order valence-corrected chi connectivity index (χ4v) is 4.10. The molecule has 0 bridgehead atoms. The first-order valence-corrected chi connectivity index (χ1v) is 11.8. The van der Waals surface area contributed by atoms with Gasteiger partial charge in [0, 0.05) is 31.5 Å². The van der Waals surface area contributed by atoms with Crippen molar-refractivity contribution >= 4 is 17.7 Å². The summed E-state index contributed by atoms with van der Waals surface area (Å²) in [5, 5.41) is 0. The highest BCUT2D eigenvalue weighted by Gasteiger charge is 2.38. The average Bonchev–Trinajstić information content (AvgIpc) is 3.65. The Bertz CT molecular complexity index is 1050. The minimum absolute atomic E-state index is 0.000266. The predicted molar refractivity (Wildman–Crippen MR) is 128 cm³/mol. The zero-order valence-electron chi connectivity index (χ0n) is 20.9. The van der Waals surface area contributed by atoms with Gasteiger partial charge in [-0.1, -0.05) is 36.8 Å². The van der Waals surface area contributed by atoms with E-state index in [0.29, 0.717) is 5.92 Å². The van der Waals surface area contributed by atoms with Crippen LogP contribution in [0.15, 0.2) is 36.5 Å². The van der Waals surface area contributed by atoms with Crippen LogP contribution >= 0.6 is 0 Å². The summed E-state index contributed by atoms with van der Waals surface area (Å²) in [6.07, 6.45) is 3.22. The molecule has 0 saturated heterocycles. The summed E-state index contributed by atoms with van der Waals surface area (Å²) in [6.45, 7) is 6.47. The Balaban J connectivity index is 1.66. The van der Waals surface area contributed by atoms with Crippen LogP contribution < -0.4 is 9.47 Å². The second-order valence-corrected chi connectivity index (χ2v) is 9.03. The highest BCUT2D eigenvalue weighted by Crippen LogP contribution is 2.45. The van der Waals surface area contributed by atoms with E-state index in [-0.39, 0.29) is 35.6 Å². The SMILES string of the molecule is COc1ccnc(C(=O)C[C@@H](C)C(=O)O[C@@H](C)[C@H](c2ccc(C)cc2)C2CC2)c1OCOC(C)=O. The highest BCUT2D eigenvalue weighted by molar-refractivity contribution is 5.99. The van der Waals surface area contributed by atoms with Crippen molar-refractivity contribution in [1.29, 1.82) is 0 Å². The molecule has 1 aromatic carbocycles. The Labute approximate surface area is 205 Å². The van der Waals surface area contributed by atoms with Gasteiger partial charge in [-0.25, -0.2) is 4.98 Å². The molecule has 2 aromatic rings. The molecule has 0 N–H and O–H groups in total. The van der Waals surface area contributed by atoms with Crippen molar-refractivity contribution in [2.24, 2.45) is 11.8 Å². The lowest BCUT2D eigenvalue weighted by Crippen LogP contribution is -2.28. The molecule has 0 amide bonds. The number of esters is 2. The van der Waals surface area contributed by atoms with E-state index >= 15 is 0 Å². The van der Waals surface area contributed by atoms with Crippen LogP contribution in [0.3, 0.4) is 0 Å². The minimum atomic E-state index is -0.683. The monoisotopic (exact) mass is 483 g/mol. The van der Waals surface area contributed by atoms with Crippen LogP contribution in [0.4, 0.5) is 0 Å². The van der Waals surface area contributed by atoms with E-state index in [1.807, 2.05) is 13.8 Å². The Morgan fingerprint density at radius 3 is 2.37 bits per heavy atom. The molecule has 1 saturated carbocycles. The largest absolute Gasteiger partial charge is 0.493 e. The molecule has 1 heterocycles. The number of nitrogens with zero attached hydrogens (tertiary/aromatic N) is 1. The van der Waals surface area contributed by atoms with Crippen molar-refractivity contribution in [3.63, 3.8) is 0 Å². The molecule has 1 aromatic heterocycles. The molecular weight excluding hydrogens is 450 g/mol. The van der Waals surface area contributed by atoms with Gasteiger partial charge in [-0.05, 0) is 38.2 Å². The molecule has 0 radical (unpaired) electrons. The van der Waals surface area contributed by atoms with Crippen LogP contribution in [0, 0.1) is 18.8 Å². The molecule has 0 spiro atoms. The number of carbonyl (C=O) groups excluding carboxylic acids is 3. The Morgan fingerprint density at radius 2 is 1.77 bits per heavy atom. The fraction of sp³-hybridized carbons (Fsp3) is 0.481. The van der Waals surface area contributed by atoms with Gasteiger partial charge < -0.3 is 18.9 Å². The first kappa shape index (κ1) is 26.2. The second kappa shape index (κ2) is 11.8. The summed E-state index contributed by atoms with van der Waals surface area (Å²) in [7, 11) is 1.42. The molecule has 8 nitrogen and oxygen atoms in total. The molecule has 1 aliphatic rings. The zero-order valence-corrected chi connectivity index (χ0v) is 20.9. The number of carbonyl (C=O) groups is 3. The van der Waals surface area contributed by atoms with E-state index in [0.717, 1.165) is 18.4 Å². The lowest BCUT2D eigenvalue weighted by Gasteiger charge is -2.26. The smallest absolute Gasteiger partial charge is 0.309 e. The molecule has 1 fully saturated rings. The number of ether oxygens (including phenoxy) is 4. The lowest BCUT2D eigenvalue weighted by molar-refractivity contribution is -0.154. The Kier molecular flexibility index (Phi) is 8.84. The van der Waals surface area contributed by atoms with Crippen molar-refractivity contribution < 1.29 is 33.3 Å². The van der Waals surface area contributed by atoms with Gasteiger partial charge in [0.2, 0.25) is 6.79 Å². The third kappa shape index (κ3) is 7.04. The van der Waals surface area contributed by atoms with Crippen molar-refractivity contribution in [3.8, 4) is 11.5 Å². The van der Waals surface area contributed by atoms with Crippen molar-refractivity contribution in [1.82, 2.24) is 4.98 Å². The highest BCUT2D eigenvalue weighted by atomic mass is 16.7. The minimum Gasteiger partial charge on any atom is -0.493 e. The summed E-state index contributed by atoms with van der Waals surface area (Å²) in [5.41, 5.74) is 2.35. The van der Waals surface area contributed by atoms with Gasteiger partial charge in [0.1, 0.15) is 6.10 Å². The standard InChI is InChI=1S/C27H33NO7/c1-16-6-8-20(9-7-16)24(21-10-11-21)18(3)35-27(31)17(2)14-22(30)25-26(34-15-33-19(4)29)23(32-5)12-13-28-25/h6-9,12-13,17-18,21,24H,10-11,14-15H2,1-5H3/t17-,18+,24-/m1/s1. The van der Waals surface area contributed by atoms with E-state index in [2.05, 4.69) is 29.2 Å². The second-order valence-electron chi connectivity index (χ2n) is 9.03. The van der Waals surface area contributed by atoms with Gasteiger partial charge in [-0.3, -0.25) is 14.4 Å². The number of hydrogen-bond acceptors (Lipinski definition) is 8. The topological polar surface area (TPSA) is 101 Å². The first-order chi connectivity index (χ1) is 16.7. The molecule has 3 atom stereocenters. The summed E-state index contributed by atoms with van der Waals surface area (Å²) < 4.78 is 21.3. The number of aryl methyl sites for hydroxylation is 1. The summed E-state index contributed by atoms with van der Waals surface area (Å²) in [4.78, 5) is 41.1. The third-order valence-electron chi connectivity index (χ3n) is 6.11. The van der Waals surface area contributed by atoms with Gasteiger partial charge in [0.25, 0.3) is 0 Å². The van der Waals surface area contributed by atoms with Crippen LogP contribution in [0.1, 0.15) is 67.6 Å². The maximum atomic E-state index is 13.0. The lowest BCUT2D eigenvalue weighted by atomic mass is 9.89. The summed E-state index contributed by atoms with van der Waals surface area (Å²) >= 11 is 0. The first-order valence-electron chi connectivity index (χ1n) is 11.8.